The van der Waals surface area contributed by atoms with Crippen LogP contribution in [0.4, 0.5) is 8.78 Å². The monoisotopic (exact) mass is 258 g/mol. The number of ether oxygens (including phenoxy) is 1. The van der Waals surface area contributed by atoms with Gasteiger partial charge in [-0.1, -0.05) is 0 Å². The van der Waals surface area contributed by atoms with Crippen molar-refractivity contribution in [3.05, 3.63) is 29.8 Å². The van der Waals surface area contributed by atoms with Crippen LogP contribution < -0.4 is 15.8 Å². The zero-order chi connectivity index (χ0) is 13.4. The van der Waals surface area contributed by atoms with Crippen LogP contribution in [0.1, 0.15) is 23.2 Å². The highest BCUT2D eigenvalue weighted by molar-refractivity contribution is 5.94. The van der Waals surface area contributed by atoms with Crippen molar-refractivity contribution in [3.8, 4) is 5.75 Å². The predicted octanol–water partition coefficient (Wildman–Crippen LogP) is 1.76. The maximum atomic E-state index is 11.9. The summed E-state index contributed by atoms with van der Waals surface area (Å²) in [7, 11) is 0. The van der Waals surface area contributed by atoms with E-state index in [2.05, 4.69) is 10.1 Å². The van der Waals surface area contributed by atoms with Gasteiger partial charge in [-0.25, -0.2) is 0 Å². The number of hydrogen-bond acceptors (Lipinski definition) is 3. The normalized spacial score (nSPS) is 10.4. The Labute approximate surface area is 104 Å². The number of benzene rings is 1. The van der Waals surface area contributed by atoms with Crippen LogP contribution in [0.25, 0.3) is 0 Å². The molecule has 4 nitrogen and oxygen atoms in total. The predicted molar refractivity (Wildman–Crippen MR) is 63.7 cm³/mol. The molecule has 18 heavy (non-hydrogen) atoms. The van der Waals surface area contributed by atoms with E-state index in [9.17, 15) is 13.6 Å². The first-order valence-electron chi connectivity index (χ1n) is 5.66. The lowest BCUT2D eigenvalue weighted by atomic mass is 10.2. The number of carbonyl (C=O) groups excluding carboxylic acids is 1. The molecule has 1 aromatic carbocycles. The summed E-state index contributed by atoms with van der Waals surface area (Å²) < 4.78 is 28.0. The van der Waals surface area contributed by atoms with Gasteiger partial charge >= 0.3 is 6.61 Å². The van der Waals surface area contributed by atoms with Gasteiger partial charge in [0.15, 0.2) is 0 Å². The Morgan fingerprint density at radius 3 is 2.50 bits per heavy atom. The summed E-state index contributed by atoms with van der Waals surface area (Å²) in [4.78, 5) is 11.6. The molecule has 100 valence electrons. The van der Waals surface area contributed by atoms with Crippen LogP contribution in [0, 0.1) is 0 Å². The van der Waals surface area contributed by atoms with Crippen LogP contribution in [-0.4, -0.2) is 25.6 Å². The molecule has 0 radical (unpaired) electrons. The third kappa shape index (κ3) is 5.09. The maximum absolute atomic E-state index is 11.9. The van der Waals surface area contributed by atoms with Crippen molar-refractivity contribution in [1.82, 2.24) is 5.32 Å². The minimum Gasteiger partial charge on any atom is -0.435 e. The molecule has 0 saturated heterocycles. The van der Waals surface area contributed by atoms with Gasteiger partial charge in [0.1, 0.15) is 5.75 Å². The topological polar surface area (TPSA) is 64.3 Å². The molecule has 0 bridgehead atoms. The Hall–Kier alpha value is -1.69. The van der Waals surface area contributed by atoms with E-state index in [-0.39, 0.29) is 11.7 Å². The molecule has 0 aromatic heterocycles. The molecule has 0 aliphatic rings. The number of halogens is 2. The number of hydrogen-bond donors (Lipinski definition) is 2. The van der Waals surface area contributed by atoms with Gasteiger partial charge in [-0.05, 0) is 43.7 Å². The van der Waals surface area contributed by atoms with Gasteiger partial charge in [-0.15, -0.1) is 0 Å². The molecule has 0 saturated carbocycles. The lowest BCUT2D eigenvalue weighted by Gasteiger charge is -2.06. The van der Waals surface area contributed by atoms with Crippen LogP contribution in [0.5, 0.6) is 5.75 Å². The highest BCUT2D eigenvalue weighted by Crippen LogP contribution is 2.14. The first kappa shape index (κ1) is 14.4. The molecular formula is C12H16F2N2O2. The van der Waals surface area contributed by atoms with E-state index in [1.807, 2.05) is 0 Å². The molecule has 0 aliphatic carbocycles. The van der Waals surface area contributed by atoms with E-state index in [1.54, 1.807) is 0 Å². The largest absolute Gasteiger partial charge is 0.435 e. The summed E-state index contributed by atoms with van der Waals surface area (Å²) >= 11 is 0. The van der Waals surface area contributed by atoms with Gasteiger partial charge in [-0.2, -0.15) is 8.78 Å². The molecule has 1 rings (SSSR count). The minimum atomic E-state index is -2.86. The van der Waals surface area contributed by atoms with Gasteiger partial charge in [0.05, 0.1) is 0 Å². The number of carbonyl (C=O) groups is 1. The van der Waals surface area contributed by atoms with Crippen molar-refractivity contribution in [1.29, 1.82) is 0 Å². The lowest BCUT2D eigenvalue weighted by molar-refractivity contribution is -0.0498. The average Bonchev–Trinajstić information content (AvgIpc) is 2.34. The molecule has 0 aliphatic heterocycles. The molecule has 0 atom stereocenters. The number of nitrogens with one attached hydrogen (secondary N) is 1. The molecule has 0 fully saturated rings. The van der Waals surface area contributed by atoms with E-state index in [1.165, 1.54) is 24.3 Å². The van der Waals surface area contributed by atoms with Gasteiger partial charge in [0, 0.05) is 12.1 Å². The second-order valence-corrected chi connectivity index (χ2v) is 3.65. The van der Waals surface area contributed by atoms with Gasteiger partial charge < -0.3 is 15.8 Å². The van der Waals surface area contributed by atoms with E-state index in [4.69, 9.17) is 5.73 Å². The van der Waals surface area contributed by atoms with Crippen molar-refractivity contribution < 1.29 is 18.3 Å². The van der Waals surface area contributed by atoms with Crippen molar-refractivity contribution in [2.24, 2.45) is 5.73 Å². The van der Waals surface area contributed by atoms with Crippen molar-refractivity contribution in [2.75, 3.05) is 13.1 Å². The molecule has 1 amide bonds. The lowest BCUT2D eigenvalue weighted by Crippen LogP contribution is -2.24. The first-order chi connectivity index (χ1) is 8.63. The highest BCUT2D eigenvalue weighted by atomic mass is 19.3. The Morgan fingerprint density at radius 2 is 1.94 bits per heavy atom. The zero-order valence-electron chi connectivity index (χ0n) is 9.86. The van der Waals surface area contributed by atoms with Crippen LogP contribution in [0.15, 0.2) is 24.3 Å². The summed E-state index contributed by atoms with van der Waals surface area (Å²) in [5, 5.41) is 2.71. The summed E-state index contributed by atoms with van der Waals surface area (Å²) in [6, 6.07) is 5.55. The van der Waals surface area contributed by atoms with Crippen molar-refractivity contribution >= 4 is 5.91 Å². The molecule has 0 unspecified atom stereocenters. The molecule has 6 heteroatoms. The fourth-order valence-electron chi connectivity index (χ4n) is 1.36. The fourth-order valence-corrected chi connectivity index (χ4v) is 1.36. The Kier molecular flexibility index (Phi) is 6.07. The number of alkyl halides is 2. The summed E-state index contributed by atoms with van der Waals surface area (Å²) in [5.41, 5.74) is 5.73. The smallest absolute Gasteiger partial charge is 0.387 e. The second-order valence-electron chi connectivity index (χ2n) is 3.65. The molecular weight excluding hydrogens is 242 g/mol. The molecule has 0 heterocycles. The number of nitrogens with two attached hydrogens (primary N) is 1. The van der Waals surface area contributed by atoms with Crippen LogP contribution in [-0.2, 0) is 0 Å². The minimum absolute atomic E-state index is 0.0321. The van der Waals surface area contributed by atoms with Gasteiger partial charge in [0.25, 0.3) is 5.91 Å². The van der Waals surface area contributed by atoms with E-state index < -0.39 is 6.61 Å². The summed E-state index contributed by atoms with van der Waals surface area (Å²) in [6.45, 7) is -1.72. The second kappa shape index (κ2) is 7.60. The van der Waals surface area contributed by atoms with Crippen LogP contribution in [0.3, 0.4) is 0 Å². The first-order valence-corrected chi connectivity index (χ1v) is 5.66. The Bertz CT molecular complexity index is 369. The zero-order valence-corrected chi connectivity index (χ0v) is 9.86. The standard InChI is InChI=1S/C12H16F2N2O2/c13-12(14)18-10-5-3-9(4-6-10)11(17)16-8-2-1-7-15/h3-6,12H,1-2,7-8,15H2,(H,16,17). The SMILES string of the molecule is NCCCCNC(=O)c1ccc(OC(F)F)cc1. The Morgan fingerprint density at radius 1 is 1.28 bits per heavy atom. The van der Waals surface area contributed by atoms with E-state index >= 15 is 0 Å². The average molecular weight is 258 g/mol. The Balaban J connectivity index is 2.43. The number of amides is 1. The van der Waals surface area contributed by atoms with Crippen molar-refractivity contribution in [2.45, 2.75) is 19.5 Å². The third-order valence-corrected chi connectivity index (χ3v) is 2.26. The van der Waals surface area contributed by atoms with Gasteiger partial charge in [0.2, 0.25) is 0 Å². The molecule has 1 aromatic rings. The third-order valence-electron chi connectivity index (χ3n) is 2.26. The van der Waals surface area contributed by atoms with Crippen molar-refractivity contribution in [3.63, 3.8) is 0 Å². The van der Waals surface area contributed by atoms with Crippen LogP contribution >= 0.6 is 0 Å². The molecule has 0 spiro atoms. The molecule has 3 N–H and O–H groups in total. The summed E-state index contributed by atoms with van der Waals surface area (Å²) in [6.07, 6.45) is 1.66. The summed E-state index contributed by atoms with van der Waals surface area (Å²) in [5.74, 6) is -0.208. The maximum Gasteiger partial charge on any atom is 0.387 e. The van der Waals surface area contributed by atoms with Gasteiger partial charge in [-0.3, -0.25) is 4.79 Å². The van der Waals surface area contributed by atoms with Crippen LogP contribution in [0.2, 0.25) is 0 Å². The van der Waals surface area contributed by atoms with E-state index in [0.29, 0.717) is 18.7 Å². The quantitative estimate of drug-likeness (QED) is 0.732. The highest BCUT2D eigenvalue weighted by Gasteiger charge is 2.07. The van der Waals surface area contributed by atoms with E-state index in [0.717, 1.165) is 12.8 Å². The number of unbranched alkanes of at least 4 members (excludes halogenated alkanes) is 1. The number of rotatable bonds is 7. The fraction of sp³-hybridized carbons (Fsp3) is 0.417.